The number of nitrogens with one attached hydrogen (secondary N) is 1. The summed E-state index contributed by atoms with van der Waals surface area (Å²) in [6.07, 6.45) is 4.13. The van der Waals surface area contributed by atoms with Crippen LogP contribution in [0.15, 0.2) is 18.2 Å². The normalized spacial score (nSPS) is 13.6. The molecular weight excluding hydrogens is 282 g/mol. The average molecular weight is 309 g/mol. The van der Waals surface area contributed by atoms with Crippen molar-refractivity contribution in [3.8, 4) is 11.5 Å². The van der Waals surface area contributed by atoms with E-state index in [1.54, 1.807) is 12.1 Å². The maximum atomic E-state index is 11.2. The fourth-order valence-electron chi connectivity index (χ4n) is 2.39. The highest BCUT2D eigenvalue weighted by molar-refractivity contribution is 5.73. The first-order chi connectivity index (χ1) is 10.5. The predicted molar refractivity (Wildman–Crippen MR) is 86.5 cm³/mol. The van der Waals surface area contributed by atoms with Gasteiger partial charge < -0.3 is 20.3 Å². The van der Waals surface area contributed by atoms with Gasteiger partial charge in [-0.1, -0.05) is 25.8 Å². The Kier molecular flexibility index (Phi) is 7.74. The van der Waals surface area contributed by atoms with Gasteiger partial charge in [-0.2, -0.15) is 0 Å². The molecule has 3 N–H and O–H groups in total. The Bertz CT molecular complexity index is 476. The van der Waals surface area contributed by atoms with Crippen LogP contribution in [0.1, 0.15) is 45.1 Å². The number of phenolic OH excluding ortho intramolecular Hbond substituents is 1. The molecule has 0 fully saturated rings. The van der Waals surface area contributed by atoms with Gasteiger partial charge in [-0.05, 0) is 43.9 Å². The fourth-order valence-corrected chi connectivity index (χ4v) is 2.39. The molecule has 1 rings (SSSR count). The smallest absolute Gasteiger partial charge is 0.320 e. The summed E-state index contributed by atoms with van der Waals surface area (Å²) in [4.78, 5) is 11.2. The van der Waals surface area contributed by atoms with E-state index >= 15 is 0 Å². The molecule has 5 nitrogen and oxygen atoms in total. The third-order valence-corrected chi connectivity index (χ3v) is 3.74. The van der Waals surface area contributed by atoms with Crippen LogP contribution in [0.2, 0.25) is 0 Å². The van der Waals surface area contributed by atoms with Gasteiger partial charge in [0.05, 0.1) is 7.11 Å². The number of phenols is 1. The molecule has 1 aromatic rings. The van der Waals surface area contributed by atoms with Crippen LogP contribution in [0.5, 0.6) is 11.5 Å². The number of carbonyl (C=O) groups is 1. The number of benzene rings is 1. The Balaban J connectivity index is 2.49. The van der Waals surface area contributed by atoms with Crippen molar-refractivity contribution in [1.29, 1.82) is 0 Å². The van der Waals surface area contributed by atoms with Crippen LogP contribution in [0.3, 0.4) is 0 Å². The molecule has 2 atom stereocenters. The molecular formula is C17H27NO4. The standard InChI is InChI=1S/C17H27NO4/c1-4-5-6-14(17(20)21)18-12(2)7-8-13-9-10-16(22-3)15(19)11-13/h9-12,14,18-19H,4-8H2,1-3H3,(H,20,21)/t12?,14-/m0/s1. The number of aliphatic carboxylic acids is 1. The molecule has 0 aliphatic heterocycles. The lowest BCUT2D eigenvalue weighted by Crippen LogP contribution is -2.42. The van der Waals surface area contributed by atoms with E-state index in [1.807, 2.05) is 13.0 Å². The van der Waals surface area contributed by atoms with Crippen LogP contribution in [0.4, 0.5) is 0 Å². The highest BCUT2D eigenvalue weighted by atomic mass is 16.5. The molecule has 1 unspecified atom stereocenters. The van der Waals surface area contributed by atoms with Crippen LogP contribution in [0, 0.1) is 0 Å². The Morgan fingerprint density at radius 2 is 2.09 bits per heavy atom. The minimum absolute atomic E-state index is 0.0993. The quantitative estimate of drug-likeness (QED) is 0.619. The van der Waals surface area contributed by atoms with E-state index < -0.39 is 12.0 Å². The van der Waals surface area contributed by atoms with Gasteiger partial charge in [0.2, 0.25) is 0 Å². The van der Waals surface area contributed by atoms with Gasteiger partial charge in [-0.15, -0.1) is 0 Å². The minimum atomic E-state index is -0.789. The number of carboxylic acids is 1. The highest BCUT2D eigenvalue weighted by Crippen LogP contribution is 2.26. The first-order valence-electron chi connectivity index (χ1n) is 7.82. The first kappa shape index (κ1) is 18.3. The number of hydrogen-bond donors (Lipinski definition) is 3. The van der Waals surface area contributed by atoms with E-state index in [0.29, 0.717) is 12.2 Å². The second-order valence-corrected chi connectivity index (χ2v) is 5.65. The number of aryl methyl sites for hydroxylation is 1. The van der Waals surface area contributed by atoms with Crippen LogP contribution in [0.25, 0.3) is 0 Å². The number of unbranched alkanes of at least 4 members (excludes halogenated alkanes) is 1. The molecule has 124 valence electrons. The molecule has 0 spiro atoms. The van der Waals surface area contributed by atoms with E-state index in [4.69, 9.17) is 4.74 Å². The van der Waals surface area contributed by atoms with Gasteiger partial charge >= 0.3 is 5.97 Å². The average Bonchev–Trinajstić information content (AvgIpc) is 2.49. The largest absolute Gasteiger partial charge is 0.504 e. The molecule has 0 aromatic heterocycles. The van der Waals surface area contributed by atoms with E-state index in [0.717, 1.165) is 31.2 Å². The molecule has 22 heavy (non-hydrogen) atoms. The Hall–Kier alpha value is -1.75. The number of carboxylic acid groups (broad SMARTS) is 1. The fraction of sp³-hybridized carbons (Fsp3) is 0.588. The molecule has 0 saturated carbocycles. The van der Waals surface area contributed by atoms with Gasteiger partial charge in [0.15, 0.2) is 11.5 Å². The molecule has 5 heteroatoms. The minimum Gasteiger partial charge on any atom is -0.504 e. The second kappa shape index (κ2) is 9.30. The highest BCUT2D eigenvalue weighted by Gasteiger charge is 2.18. The maximum absolute atomic E-state index is 11.2. The van der Waals surface area contributed by atoms with Crippen molar-refractivity contribution in [2.75, 3.05) is 7.11 Å². The number of aromatic hydroxyl groups is 1. The zero-order valence-corrected chi connectivity index (χ0v) is 13.6. The molecule has 1 aromatic carbocycles. The van der Waals surface area contributed by atoms with E-state index in [9.17, 15) is 15.0 Å². The van der Waals surface area contributed by atoms with Crippen LogP contribution < -0.4 is 10.1 Å². The zero-order chi connectivity index (χ0) is 16.5. The van der Waals surface area contributed by atoms with Crippen LogP contribution in [-0.4, -0.2) is 35.4 Å². The van der Waals surface area contributed by atoms with E-state index in [1.165, 1.54) is 7.11 Å². The first-order valence-corrected chi connectivity index (χ1v) is 7.82. The predicted octanol–water partition coefficient (Wildman–Crippen LogP) is 2.95. The molecule has 0 saturated heterocycles. The summed E-state index contributed by atoms with van der Waals surface area (Å²) in [5, 5.41) is 22.1. The molecule has 0 aliphatic carbocycles. The summed E-state index contributed by atoms with van der Waals surface area (Å²) in [6, 6.07) is 4.96. The van der Waals surface area contributed by atoms with Gasteiger partial charge in [-0.3, -0.25) is 4.79 Å². The lowest BCUT2D eigenvalue weighted by molar-refractivity contribution is -0.139. The summed E-state index contributed by atoms with van der Waals surface area (Å²) in [7, 11) is 1.52. The van der Waals surface area contributed by atoms with Gasteiger partial charge in [0.25, 0.3) is 0 Å². The Labute approximate surface area is 132 Å². The summed E-state index contributed by atoms with van der Waals surface area (Å²) < 4.78 is 5.01. The van der Waals surface area contributed by atoms with Crippen molar-refractivity contribution in [3.05, 3.63) is 23.8 Å². The van der Waals surface area contributed by atoms with Crippen LogP contribution in [-0.2, 0) is 11.2 Å². The lowest BCUT2D eigenvalue weighted by atomic mass is 10.0. The van der Waals surface area contributed by atoms with E-state index in [-0.39, 0.29) is 11.8 Å². The van der Waals surface area contributed by atoms with Gasteiger partial charge in [0, 0.05) is 6.04 Å². The van der Waals surface area contributed by atoms with Crippen molar-refractivity contribution < 1.29 is 19.7 Å². The zero-order valence-electron chi connectivity index (χ0n) is 13.6. The van der Waals surface area contributed by atoms with Crippen molar-refractivity contribution in [3.63, 3.8) is 0 Å². The van der Waals surface area contributed by atoms with Crippen molar-refractivity contribution in [1.82, 2.24) is 5.32 Å². The third kappa shape index (κ3) is 5.93. The monoisotopic (exact) mass is 309 g/mol. The number of hydrogen-bond acceptors (Lipinski definition) is 4. The second-order valence-electron chi connectivity index (χ2n) is 5.65. The van der Waals surface area contributed by atoms with Gasteiger partial charge in [0.1, 0.15) is 6.04 Å². The molecule has 0 amide bonds. The molecule has 0 aliphatic rings. The maximum Gasteiger partial charge on any atom is 0.320 e. The number of ether oxygens (including phenoxy) is 1. The van der Waals surface area contributed by atoms with Crippen molar-refractivity contribution in [2.45, 2.75) is 58.0 Å². The van der Waals surface area contributed by atoms with Crippen molar-refractivity contribution in [2.24, 2.45) is 0 Å². The summed E-state index contributed by atoms with van der Waals surface area (Å²) in [5.41, 5.74) is 1.01. The summed E-state index contributed by atoms with van der Waals surface area (Å²) in [5.74, 6) is -0.199. The lowest BCUT2D eigenvalue weighted by Gasteiger charge is -2.20. The Morgan fingerprint density at radius 1 is 1.36 bits per heavy atom. The van der Waals surface area contributed by atoms with Gasteiger partial charge in [-0.25, -0.2) is 0 Å². The summed E-state index contributed by atoms with van der Waals surface area (Å²) in [6.45, 7) is 4.05. The number of methoxy groups -OCH3 is 1. The Morgan fingerprint density at radius 3 is 2.64 bits per heavy atom. The van der Waals surface area contributed by atoms with E-state index in [2.05, 4.69) is 12.2 Å². The summed E-state index contributed by atoms with van der Waals surface area (Å²) >= 11 is 0. The van der Waals surface area contributed by atoms with Crippen LogP contribution >= 0.6 is 0 Å². The topological polar surface area (TPSA) is 78.8 Å². The molecule has 0 radical (unpaired) electrons. The molecule has 0 heterocycles. The van der Waals surface area contributed by atoms with Crippen molar-refractivity contribution >= 4 is 5.97 Å². The number of rotatable bonds is 10. The third-order valence-electron chi connectivity index (χ3n) is 3.74. The SMILES string of the molecule is CCCC[C@H](NC(C)CCc1ccc(OC)c(O)c1)C(=O)O. The molecule has 0 bridgehead atoms.